The highest BCUT2D eigenvalue weighted by Crippen LogP contribution is 1.97. The molecule has 29 heteroatoms. The van der Waals surface area contributed by atoms with Crippen LogP contribution < -0.4 is 17.2 Å². The van der Waals surface area contributed by atoms with Gasteiger partial charge in [-0.3, -0.25) is 48.8 Å². The minimum absolute atomic E-state index is 0. The molecule has 0 radical (unpaired) electrons. The quantitative estimate of drug-likeness (QED) is 0.0647. The molecule has 0 amide bonds. The molecule has 0 spiro atoms. The number of thioether (sulfide) groups is 1. The molecule has 0 aliphatic rings. The monoisotopic (exact) mass is 833 g/mol. The van der Waals surface area contributed by atoms with Gasteiger partial charge in [-0.05, 0) is 31.3 Å². The maximum Gasteiger partial charge on any atom is 0.335 e. The molecule has 4 atom stereocenters. The maximum atomic E-state index is 10.5. The Morgan fingerprint density at radius 3 is 1.24 bits per heavy atom. The van der Waals surface area contributed by atoms with Crippen LogP contribution in [0.1, 0.15) is 19.3 Å². The zero-order valence-electron chi connectivity index (χ0n) is 25.3. The summed E-state index contributed by atoms with van der Waals surface area (Å²) < 4.78 is 73.7. The molecule has 0 saturated heterocycles. The lowest BCUT2D eigenvalue weighted by molar-refractivity contribution is -0.176. The third-order valence-electron chi connectivity index (χ3n) is 3.10. The van der Waals surface area contributed by atoms with Crippen molar-refractivity contribution in [3.8, 4) is 0 Å². The van der Waals surface area contributed by atoms with Gasteiger partial charge in [-0.2, -0.15) is 37.9 Å². The van der Waals surface area contributed by atoms with Gasteiger partial charge in [-0.1, -0.05) is 0 Å². The summed E-state index contributed by atoms with van der Waals surface area (Å²) in [5.74, 6) is -2.13. The average Bonchev–Trinajstić information content (AvgIpc) is 2.97. The van der Waals surface area contributed by atoms with Crippen molar-refractivity contribution in [3.05, 3.63) is 0 Å². The number of hydrogen-bond acceptors (Lipinski definition) is 20. The fraction of sp³-hybridized carbons (Fsp3) is 0.824. The van der Waals surface area contributed by atoms with Crippen LogP contribution in [0.15, 0.2) is 0 Å². The zero-order valence-corrected chi connectivity index (χ0v) is 32.1. The summed E-state index contributed by atoms with van der Waals surface area (Å²) in [6, 6.07) is -2.63. The number of rotatable bonds is 12. The van der Waals surface area contributed by atoms with E-state index >= 15 is 0 Å². The molecule has 4 unspecified atom stereocenters. The van der Waals surface area contributed by atoms with E-state index in [0.717, 1.165) is 12.0 Å². The lowest BCUT2D eigenvalue weighted by Crippen LogP contribution is -2.32. The van der Waals surface area contributed by atoms with Crippen molar-refractivity contribution in [1.29, 1.82) is 0 Å². The van der Waals surface area contributed by atoms with Gasteiger partial charge in [0.2, 0.25) is 0 Å². The largest absolute Gasteiger partial charge is 0.480 e. The topological polar surface area (TPSA) is 407 Å². The van der Waals surface area contributed by atoms with Crippen LogP contribution in [-0.2, 0) is 68.3 Å². The predicted molar refractivity (Wildman–Crippen MR) is 183 cm³/mol. The lowest BCUT2D eigenvalue weighted by Gasteiger charge is -2.03. The first-order valence-corrected chi connectivity index (χ1v) is 19.3. The third kappa shape index (κ3) is 112. The smallest absolute Gasteiger partial charge is 0.335 e. The number of carbonyl (C=O) groups is 3. The Balaban J connectivity index is -0.0000000432. The molecule has 0 heterocycles. The molecule has 0 fully saturated rings. The Bertz CT molecular complexity index is 853. The van der Waals surface area contributed by atoms with Crippen LogP contribution in [0.2, 0.25) is 0 Å². The van der Waals surface area contributed by atoms with E-state index in [4.69, 9.17) is 75.3 Å². The molecule has 0 rings (SSSR count). The first-order valence-electron chi connectivity index (χ1n) is 10.6. The van der Waals surface area contributed by atoms with Crippen molar-refractivity contribution < 1.29 is 85.1 Å². The molecular formula is C17H45N3O18P2S6. The number of carboxylic acid groups (broad SMARTS) is 3. The van der Waals surface area contributed by atoms with E-state index < -0.39 is 68.2 Å². The summed E-state index contributed by atoms with van der Waals surface area (Å²) >= 11 is 3.69. The van der Waals surface area contributed by atoms with E-state index in [-0.39, 0.29) is 49.0 Å². The van der Waals surface area contributed by atoms with E-state index in [1.807, 2.05) is 6.26 Å². The van der Waals surface area contributed by atoms with Gasteiger partial charge in [0, 0.05) is 42.4 Å². The molecule has 0 aromatic heterocycles. The van der Waals surface area contributed by atoms with Crippen molar-refractivity contribution in [2.24, 2.45) is 17.2 Å². The van der Waals surface area contributed by atoms with E-state index in [0.29, 0.717) is 12.2 Å². The van der Waals surface area contributed by atoms with Gasteiger partial charge < -0.3 is 32.5 Å². The summed E-state index contributed by atoms with van der Waals surface area (Å²) in [4.78, 5) is 30.3. The standard InChI is InChI=1S/C5H11NO4S.C5H11NO3S.C5H11NO2S.2CH3OP.O2S.2H2O2.OS.H2S/c1-11(9,10)3-2-4(6)5(7)8;1-10(9)3-2-4(6)5(7)8;1-9-3-2-4(6)5(7)8;3*1-3-2;3*1-2;/h4H,2-3,6H2,1H3,(H,7,8);4H,2-3,6H2,1H3,(H,7,8);4H,2-3,6H2,1H3,(H,7,8);2*1H3;;2*1-2H;;1H2. The molecule has 46 heavy (non-hydrogen) atoms. The minimum atomic E-state index is -3.10. The highest BCUT2D eigenvalue weighted by molar-refractivity contribution is 7.98. The molecule has 0 aliphatic carbocycles. The van der Waals surface area contributed by atoms with Crippen LogP contribution in [0.3, 0.4) is 0 Å². The van der Waals surface area contributed by atoms with Crippen LogP contribution >= 0.6 is 42.2 Å². The molecule has 282 valence electrons. The maximum absolute atomic E-state index is 10.5. The molecule has 0 bridgehead atoms. The second kappa shape index (κ2) is 62.7. The van der Waals surface area contributed by atoms with Crippen molar-refractivity contribution in [1.82, 2.24) is 0 Å². The van der Waals surface area contributed by atoms with E-state index in [1.54, 1.807) is 25.1 Å². The SMILES string of the molecule is CP=O.CP=O.CS(=O)(=O)CCC(N)C(=O)O.CS(=O)CCC(N)C(=O)O.CSCCC(N)C(=O)O.O=S.O=S=O.OO.OO.S. The van der Waals surface area contributed by atoms with Crippen molar-refractivity contribution in [2.45, 2.75) is 37.4 Å². The van der Waals surface area contributed by atoms with Crippen LogP contribution in [-0.4, -0.2) is 147 Å². The highest BCUT2D eigenvalue weighted by atomic mass is 32.2. The summed E-state index contributed by atoms with van der Waals surface area (Å²) in [7, 11) is -3.71. The van der Waals surface area contributed by atoms with Gasteiger partial charge in [0.15, 0.2) is 29.5 Å². The summed E-state index contributed by atoms with van der Waals surface area (Å²) in [6.45, 7) is 3.08. The van der Waals surface area contributed by atoms with Gasteiger partial charge in [0.05, 0.1) is 5.75 Å². The predicted octanol–water partition coefficient (Wildman–Crippen LogP) is -0.892. The molecular weight excluding hydrogens is 789 g/mol. The fourth-order valence-corrected chi connectivity index (χ4v) is 3.01. The summed E-state index contributed by atoms with van der Waals surface area (Å²) in [6.07, 6.45) is 5.29. The Morgan fingerprint density at radius 2 is 1.04 bits per heavy atom. The van der Waals surface area contributed by atoms with Crippen molar-refractivity contribution in [2.75, 3.05) is 49.4 Å². The normalized spacial score (nSPS) is 11.0. The zero-order chi connectivity index (χ0) is 38.6. The molecule has 0 aliphatic heterocycles. The van der Waals surface area contributed by atoms with Gasteiger partial charge >= 0.3 is 29.5 Å². The number of sulfone groups is 1. The first kappa shape index (κ1) is 71.1. The van der Waals surface area contributed by atoms with Crippen LogP contribution in [0.4, 0.5) is 0 Å². The molecule has 0 aromatic carbocycles. The van der Waals surface area contributed by atoms with Gasteiger partial charge in [-0.15, -0.1) is 0 Å². The van der Waals surface area contributed by atoms with Crippen molar-refractivity contribution >= 4 is 105 Å². The number of nitrogens with two attached hydrogens (primary N) is 3. The molecule has 0 saturated carbocycles. The Kier molecular flexibility index (Phi) is 97.0. The van der Waals surface area contributed by atoms with Crippen molar-refractivity contribution in [3.63, 3.8) is 0 Å². The first-order chi connectivity index (χ1) is 20.8. The Labute approximate surface area is 292 Å². The average molecular weight is 834 g/mol. The van der Waals surface area contributed by atoms with E-state index in [1.165, 1.54) is 6.26 Å². The number of hydrogen-bond donors (Lipinski definition) is 10. The summed E-state index contributed by atoms with van der Waals surface area (Å²) in [5, 5.41) is 48.8. The number of aliphatic carboxylic acids is 3. The third-order valence-corrected chi connectivity index (χ3v) is 5.53. The highest BCUT2D eigenvalue weighted by Gasteiger charge is 2.14. The lowest BCUT2D eigenvalue weighted by atomic mass is 10.2. The van der Waals surface area contributed by atoms with Gasteiger partial charge in [-0.25, -0.2) is 8.42 Å². The van der Waals surface area contributed by atoms with Gasteiger partial charge in [0.25, 0.3) is 0 Å². The Morgan fingerprint density at radius 1 is 0.804 bits per heavy atom. The molecule has 0 aromatic rings. The van der Waals surface area contributed by atoms with Gasteiger partial charge in [0.1, 0.15) is 28.0 Å². The van der Waals surface area contributed by atoms with Crippen LogP contribution in [0, 0.1) is 0 Å². The minimum Gasteiger partial charge on any atom is -0.480 e. The van der Waals surface area contributed by atoms with Crippen LogP contribution in [0.5, 0.6) is 0 Å². The summed E-state index contributed by atoms with van der Waals surface area (Å²) in [5.41, 5.74) is 15.4. The second-order valence-electron chi connectivity index (χ2n) is 6.53. The Hall–Kier alpha value is -1.03. The fourth-order valence-electron chi connectivity index (χ4n) is 1.25. The van der Waals surface area contributed by atoms with E-state index in [2.05, 4.69) is 12.5 Å². The van der Waals surface area contributed by atoms with Crippen LogP contribution in [0.25, 0.3) is 0 Å². The molecule has 13 N–H and O–H groups in total. The second-order valence-corrected chi connectivity index (χ2v) is 12.2. The van der Waals surface area contributed by atoms with E-state index in [9.17, 15) is 27.0 Å². The number of carboxylic acids is 3. The molecule has 21 nitrogen and oxygen atoms in total.